The van der Waals surface area contributed by atoms with Crippen LogP contribution in [0.1, 0.15) is 30.5 Å². The van der Waals surface area contributed by atoms with E-state index >= 15 is 0 Å². The van der Waals surface area contributed by atoms with Crippen molar-refractivity contribution in [2.75, 3.05) is 0 Å². The first-order valence-corrected chi connectivity index (χ1v) is 4.57. The molecule has 1 aromatic rings. The monoisotopic (exact) mass is 191 g/mol. The molecular weight excluding hydrogens is 177 g/mol. The van der Waals surface area contributed by atoms with E-state index in [4.69, 9.17) is 5.26 Å². The van der Waals surface area contributed by atoms with Gasteiger partial charge in [-0.3, -0.25) is 0 Å². The Morgan fingerprint density at radius 1 is 1.29 bits per heavy atom. The van der Waals surface area contributed by atoms with Gasteiger partial charge in [-0.2, -0.15) is 5.26 Å². The van der Waals surface area contributed by atoms with Gasteiger partial charge in [0.05, 0.1) is 11.5 Å². The van der Waals surface area contributed by atoms with Gasteiger partial charge in [-0.05, 0) is 50.5 Å². The van der Waals surface area contributed by atoms with Crippen LogP contribution >= 0.6 is 0 Å². The summed E-state index contributed by atoms with van der Waals surface area (Å²) in [7, 11) is 0. The SMILES string of the molecule is Cc1cc(F)c(C)c(C(C)(C)C#N)c1. The number of benzene rings is 1. The lowest BCUT2D eigenvalue weighted by molar-refractivity contribution is 0.599. The Morgan fingerprint density at radius 3 is 2.36 bits per heavy atom. The molecule has 0 aliphatic carbocycles. The molecule has 0 unspecified atom stereocenters. The minimum atomic E-state index is -0.628. The average molecular weight is 191 g/mol. The molecule has 0 amide bonds. The van der Waals surface area contributed by atoms with Crippen molar-refractivity contribution in [1.29, 1.82) is 5.26 Å². The molecule has 0 spiro atoms. The lowest BCUT2D eigenvalue weighted by Gasteiger charge is -2.19. The molecule has 0 fully saturated rings. The van der Waals surface area contributed by atoms with Gasteiger partial charge in [0.25, 0.3) is 0 Å². The average Bonchev–Trinajstić information content (AvgIpc) is 2.11. The van der Waals surface area contributed by atoms with Gasteiger partial charge >= 0.3 is 0 Å². The molecule has 0 aromatic heterocycles. The standard InChI is InChI=1S/C12H14FN/c1-8-5-10(12(3,4)7-14)9(2)11(13)6-8/h5-6H,1-4H3. The van der Waals surface area contributed by atoms with Gasteiger partial charge in [0.1, 0.15) is 5.82 Å². The summed E-state index contributed by atoms with van der Waals surface area (Å²) >= 11 is 0. The van der Waals surface area contributed by atoms with E-state index in [2.05, 4.69) is 6.07 Å². The van der Waals surface area contributed by atoms with Crippen LogP contribution in [0, 0.1) is 31.0 Å². The first-order chi connectivity index (χ1) is 6.38. The third kappa shape index (κ3) is 1.77. The van der Waals surface area contributed by atoms with Crippen molar-refractivity contribution in [1.82, 2.24) is 0 Å². The van der Waals surface area contributed by atoms with Gasteiger partial charge in [0.15, 0.2) is 0 Å². The second-order valence-electron chi connectivity index (χ2n) is 4.16. The fourth-order valence-electron chi connectivity index (χ4n) is 1.52. The van der Waals surface area contributed by atoms with E-state index < -0.39 is 5.41 Å². The van der Waals surface area contributed by atoms with Crippen molar-refractivity contribution in [2.24, 2.45) is 0 Å². The van der Waals surface area contributed by atoms with Crippen molar-refractivity contribution in [2.45, 2.75) is 33.1 Å². The second kappa shape index (κ2) is 3.42. The van der Waals surface area contributed by atoms with Crippen LogP contribution in [-0.2, 0) is 5.41 Å². The van der Waals surface area contributed by atoms with Gasteiger partial charge in [0, 0.05) is 0 Å². The molecule has 1 aromatic carbocycles. The zero-order chi connectivity index (χ0) is 10.9. The van der Waals surface area contributed by atoms with E-state index in [1.165, 1.54) is 6.07 Å². The Labute approximate surface area is 84.2 Å². The molecule has 0 radical (unpaired) electrons. The Morgan fingerprint density at radius 2 is 1.86 bits per heavy atom. The van der Waals surface area contributed by atoms with Crippen molar-refractivity contribution in [3.8, 4) is 6.07 Å². The second-order valence-corrected chi connectivity index (χ2v) is 4.16. The summed E-state index contributed by atoms with van der Waals surface area (Å²) in [5.41, 5.74) is 1.57. The minimum absolute atomic E-state index is 0.233. The van der Waals surface area contributed by atoms with Gasteiger partial charge < -0.3 is 0 Å². The van der Waals surface area contributed by atoms with Crippen LogP contribution in [0.5, 0.6) is 0 Å². The maximum absolute atomic E-state index is 13.4. The Balaban J connectivity index is 3.44. The highest BCUT2D eigenvalue weighted by Crippen LogP contribution is 2.27. The van der Waals surface area contributed by atoms with Crippen LogP contribution in [0.3, 0.4) is 0 Å². The van der Waals surface area contributed by atoms with Crippen LogP contribution in [0.15, 0.2) is 12.1 Å². The van der Waals surface area contributed by atoms with Gasteiger partial charge in [-0.1, -0.05) is 6.07 Å². The number of nitrogens with zero attached hydrogens (tertiary/aromatic N) is 1. The molecule has 0 heterocycles. The Bertz CT molecular complexity index is 400. The molecule has 74 valence electrons. The van der Waals surface area contributed by atoms with Crippen molar-refractivity contribution < 1.29 is 4.39 Å². The van der Waals surface area contributed by atoms with Gasteiger partial charge in [-0.15, -0.1) is 0 Å². The smallest absolute Gasteiger partial charge is 0.126 e. The molecule has 1 rings (SSSR count). The fraction of sp³-hybridized carbons (Fsp3) is 0.417. The van der Waals surface area contributed by atoms with Crippen molar-refractivity contribution in [3.63, 3.8) is 0 Å². The molecule has 0 aliphatic heterocycles. The van der Waals surface area contributed by atoms with E-state index in [9.17, 15) is 4.39 Å². The zero-order valence-electron chi connectivity index (χ0n) is 8.98. The molecular formula is C12H14FN. The number of rotatable bonds is 1. The van der Waals surface area contributed by atoms with E-state index in [1.54, 1.807) is 20.8 Å². The van der Waals surface area contributed by atoms with Gasteiger partial charge in [-0.25, -0.2) is 4.39 Å². The minimum Gasteiger partial charge on any atom is -0.207 e. The number of nitriles is 1. The van der Waals surface area contributed by atoms with Crippen molar-refractivity contribution >= 4 is 0 Å². The number of hydrogen-bond acceptors (Lipinski definition) is 1. The fourth-order valence-corrected chi connectivity index (χ4v) is 1.52. The van der Waals surface area contributed by atoms with Gasteiger partial charge in [0.2, 0.25) is 0 Å². The molecule has 1 nitrogen and oxygen atoms in total. The molecule has 0 saturated heterocycles. The highest BCUT2D eigenvalue weighted by molar-refractivity contribution is 5.40. The third-order valence-corrected chi connectivity index (χ3v) is 2.44. The van der Waals surface area contributed by atoms with Crippen LogP contribution in [0.2, 0.25) is 0 Å². The van der Waals surface area contributed by atoms with Crippen LogP contribution in [-0.4, -0.2) is 0 Å². The highest BCUT2D eigenvalue weighted by Gasteiger charge is 2.23. The topological polar surface area (TPSA) is 23.8 Å². The normalized spacial score (nSPS) is 11.1. The molecule has 0 atom stereocenters. The summed E-state index contributed by atoms with van der Waals surface area (Å²) in [6, 6.07) is 5.56. The summed E-state index contributed by atoms with van der Waals surface area (Å²) in [6.07, 6.45) is 0. The summed E-state index contributed by atoms with van der Waals surface area (Å²) in [6.45, 7) is 7.14. The predicted molar refractivity (Wildman–Crippen MR) is 54.5 cm³/mol. The Hall–Kier alpha value is -1.36. The van der Waals surface area contributed by atoms with E-state index in [-0.39, 0.29) is 5.82 Å². The van der Waals surface area contributed by atoms with Crippen LogP contribution < -0.4 is 0 Å². The number of hydrogen-bond donors (Lipinski definition) is 0. The first kappa shape index (κ1) is 10.7. The quantitative estimate of drug-likeness (QED) is 0.668. The lowest BCUT2D eigenvalue weighted by Crippen LogP contribution is -2.16. The Kier molecular flexibility index (Phi) is 2.62. The summed E-state index contributed by atoms with van der Waals surface area (Å²) in [5.74, 6) is -0.233. The summed E-state index contributed by atoms with van der Waals surface area (Å²) in [4.78, 5) is 0. The number of aryl methyl sites for hydroxylation is 1. The molecule has 0 saturated carbocycles. The van der Waals surface area contributed by atoms with E-state index in [0.717, 1.165) is 11.1 Å². The lowest BCUT2D eigenvalue weighted by atomic mass is 9.82. The molecule has 2 heteroatoms. The molecule has 0 aliphatic rings. The highest BCUT2D eigenvalue weighted by atomic mass is 19.1. The predicted octanol–water partition coefficient (Wildman–Crippen LogP) is 3.24. The third-order valence-electron chi connectivity index (χ3n) is 2.44. The summed E-state index contributed by atoms with van der Waals surface area (Å²) in [5, 5.41) is 8.98. The first-order valence-electron chi connectivity index (χ1n) is 4.57. The van der Waals surface area contributed by atoms with Crippen molar-refractivity contribution in [3.05, 3.63) is 34.6 Å². The van der Waals surface area contributed by atoms with E-state index in [0.29, 0.717) is 5.56 Å². The largest absolute Gasteiger partial charge is 0.207 e. The van der Waals surface area contributed by atoms with Crippen LogP contribution in [0.25, 0.3) is 0 Å². The van der Waals surface area contributed by atoms with E-state index in [1.807, 2.05) is 13.0 Å². The molecule has 0 N–H and O–H groups in total. The molecule has 0 bridgehead atoms. The number of halogens is 1. The summed E-state index contributed by atoms with van der Waals surface area (Å²) < 4.78 is 13.4. The maximum Gasteiger partial charge on any atom is 0.126 e. The van der Waals surface area contributed by atoms with Crippen LogP contribution in [0.4, 0.5) is 4.39 Å². The molecule has 14 heavy (non-hydrogen) atoms. The maximum atomic E-state index is 13.4. The zero-order valence-corrected chi connectivity index (χ0v) is 8.98.